The lowest BCUT2D eigenvalue weighted by atomic mass is 10.1. The molecule has 7 nitrogen and oxygen atoms in total. The fraction of sp³-hybridized carbons (Fsp3) is 0.278. The van der Waals surface area contributed by atoms with Gasteiger partial charge in [-0.05, 0) is 30.3 Å². The van der Waals surface area contributed by atoms with E-state index in [1.54, 1.807) is 35.2 Å². The number of methoxy groups -OCH3 is 1. The highest BCUT2D eigenvalue weighted by molar-refractivity contribution is 7.92. The highest BCUT2D eigenvalue weighted by Crippen LogP contribution is 2.25. The molecule has 1 N–H and O–H groups in total. The Labute approximate surface area is 152 Å². The van der Waals surface area contributed by atoms with Gasteiger partial charge in [0.15, 0.2) is 0 Å². The van der Waals surface area contributed by atoms with Gasteiger partial charge in [0.1, 0.15) is 5.75 Å². The van der Waals surface area contributed by atoms with Crippen LogP contribution in [-0.4, -0.2) is 52.6 Å². The third kappa shape index (κ3) is 3.97. The molecule has 2 aromatic rings. The summed E-state index contributed by atoms with van der Waals surface area (Å²) in [5.41, 5.74) is 0.662. The highest BCUT2D eigenvalue weighted by atomic mass is 32.2. The van der Waals surface area contributed by atoms with Crippen LogP contribution in [0.1, 0.15) is 10.4 Å². The summed E-state index contributed by atoms with van der Waals surface area (Å²) in [6.45, 7) is 1.84. The lowest BCUT2D eigenvalue weighted by molar-refractivity contribution is 0.0300. The van der Waals surface area contributed by atoms with Crippen LogP contribution >= 0.6 is 0 Å². The third-order valence-electron chi connectivity index (χ3n) is 4.04. The maximum atomic E-state index is 12.8. The van der Waals surface area contributed by atoms with Crippen molar-refractivity contribution in [2.45, 2.75) is 4.90 Å². The molecule has 8 heteroatoms. The second-order valence-electron chi connectivity index (χ2n) is 5.74. The molecule has 0 radical (unpaired) electrons. The molecular weight excluding hydrogens is 356 g/mol. The average Bonchev–Trinajstić information content (AvgIpc) is 2.68. The largest absolute Gasteiger partial charge is 0.496 e. The van der Waals surface area contributed by atoms with E-state index in [9.17, 15) is 13.2 Å². The van der Waals surface area contributed by atoms with Crippen LogP contribution in [0.5, 0.6) is 5.75 Å². The van der Waals surface area contributed by atoms with Crippen LogP contribution < -0.4 is 9.46 Å². The molecule has 2 aromatic carbocycles. The number of anilines is 1. The summed E-state index contributed by atoms with van der Waals surface area (Å²) >= 11 is 0. The fourth-order valence-corrected chi connectivity index (χ4v) is 3.76. The van der Waals surface area contributed by atoms with E-state index in [2.05, 4.69) is 4.72 Å². The maximum absolute atomic E-state index is 12.8. The van der Waals surface area contributed by atoms with Crippen molar-refractivity contribution in [3.05, 3.63) is 54.1 Å². The van der Waals surface area contributed by atoms with Crippen molar-refractivity contribution >= 4 is 21.6 Å². The lowest BCUT2D eigenvalue weighted by Crippen LogP contribution is -2.40. The van der Waals surface area contributed by atoms with Crippen LogP contribution in [0, 0.1) is 0 Å². The zero-order valence-corrected chi connectivity index (χ0v) is 15.2. The molecule has 0 atom stereocenters. The van der Waals surface area contributed by atoms with E-state index in [0.29, 0.717) is 37.7 Å². The molecule has 1 aliphatic rings. The fourth-order valence-electron chi connectivity index (χ4n) is 2.68. The van der Waals surface area contributed by atoms with Gasteiger partial charge in [-0.25, -0.2) is 8.42 Å². The predicted octanol–water partition coefficient (Wildman–Crippen LogP) is 1.97. The number of sulfonamides is 1. The molecule has 0 spiro atoms. The molecule has 138 valence electrons. The van der Waals surface area contributed by atoms with Gasteiger partial charge in [0.2, 0.25) is 0 Å². The minimum atomic E-state index is -3.83. The molecule has 1 heterocycles. The van der Waals surface area contributed by atoms with E-state index in [4.69, 9.17) is 9.47 Å². The summed E-state index contributed by atoms with van der Waals surface area (Å²) in [7, 11) is -2.38. The van der Waals surface area contributed by atoms with Gasteiger partial charge in [-0.1, -0.05) is 18.2 Å². The SMILES string of the molecule is COc1ccc(S(=O)(=O)Nc2ccccc2)cc1C(=O)N1CCOCC1. The number of benzene rings is 2. The Morgan fingerprint density at radius 3 is 2.46 bits per heavy atom. The first kappa shape index (κ1) is 18.2. The van der Waals surface area contributed by atoms with Crippen molar-refractivity contribution in [2.75, 3.05) is 38.1 Å². The summed E-state index contributed by atoms with van der Waals surface area (Å²) in [5.74, 6) is 0.0575. The Balaban J connectivity index is 1.92. The third-order valence-corrected chi connectivity index (χ3v) is 5.41. The van der Waals surface area contributed by atoms with Crippen LogP contribution in [0.4, 0.5) is 5.69 Å². The molecule has 1 amide bonds. The summed E-state index contributed by atoms with van der Waals surface area (Å²) < 4.78 is 38.3. The van der Waals surface area contributed by atoms with Gasteiger partial charge in [-0.3, -0.25) is 9.52 Å². The van der Waals surface area contributed by atoms with Crippen LogP contribution in [0.2, 0.25) is 0 Å². The van der Waals surface area contributed by atoms with Gasteiger partial charge in [0, 0.05) is 18.8 Å². The van der Waals surface area contributed by atoms with Crippen molar-refractivity contribution in [3.8, 4) is 5.75 Å². The Hall–Kier alpha value is -2.58. The molecule has 0 aromatic heterocycles. The molecule has 0 aliphatic carbocycles. The number of morpholine rings is 1. The molecular formula is C18H20N2O5S. The Kier molecular flexibility index (Phi) is 5.43. The number of amides is 1. The first-order valence-electron chi connectivity index (χ1n) is 8.14. The van der Waals surface area contributed by atoms with Crippen molar-refractivity contribution in [1.82, 2.24) is 4.90 Å². The van der Waals surface area contributed by atoms with Crippen LogP contribution in [0.25, 0.3) is 0 Å². The van der Waals surface area contributed by atoms with Crippen LogP contribution in [0.3, 0.4) is 0 Å². The molecule has 0 bridgehead atoms. The Bertz CT molecular complexity index is 878. The second-order valence-corrected chi connectivity index (χ2v) is 7.42. The van der Waals surface area contributed by atoms with Crippen molar-refractivity contribution in [2.24, 2.45) is 0 Å². The summed E-state index contributed by atoms with van der Waals surface area (Å²) in [6.07, 6.45) is 0. The maximum Gasteiger partial charge on any atom is 0.261 e. The molecule has 1 fully saturated rings. The summed E-state index contributed by atoms with van der Waals surface area (Å²) in [5, 5.41) is 0. The Morgan fingerprint density at radius 1 is 1.12 bits per heavy atom. The number of hydrogen-bond donors (Lipinski definition) is 1. The number of para-hydroxylation sites is 1. The van der Waals surface area contributed by atoms with Gasteiger partial charge in [0.05, 0.1) is 30.8 Å². The normalized spacial score (nSPS) is 14.7. The zero-order chi connectivity index (χ0) is 18.6. The minimum absolute atomic E-state index is 0.00115. The Morgan fingerprint density at radius 2 is 1.81 bits per heavy atom. The monoisotopic (exact) mass is 376 g/mol. The minimum Gasteiger partial charge on any atom is -0.496 e. The molecule has 1 saturated heterocycles. The number of nitrogens with one attached hydrogen (secondary N) is 1. The van der Waals surface area contributed by atoms with Gasteiger partial charge >= 0.3 is 0 Å². The first-order valence-corrected chi connectivity index (χ1v) is 9.62. The number of nitrogens with zero attached hydrogens (tertiary/aromatic N) is 1. The van der Waals surface area contributed by atoms with Crippen molar-refractivity contribution in [3.63, 3.8) is 0 Å². The van der Waals surface area contributed by atoms with Crippen molar-refractivity contribution < 1.29 is 22.7 Å². The molecule has 0 saturated carbocycles. The van der Waals surface area contributed by atoms with Gasteiger partial charge in [-0.2, -0.15) is 0 Å². The van der Waals surface area contributed by atoms with Crippen LogP contribution in [0.15, 0.2) is 53.4 Å². The van der Waals surface area contributed by atoms with Gasteiger partial charge in [-0.15, -0.1) is 0 Å². The zero-order valence-electron chi connectivity index (χ0n) is 14.3. The molecule has 0 unspecified atom stereocenters. The topological polar surface area (TPSA) is 84.9 Å². The van der Waals surface area contributed by atoms with Gasteiger partial charge in [0.25, 0.3) is 15.9 Å². The summed E-state index contributed by atoms with van der Waals surface area (Å²) in [4.78, 5) is 14.4. The highest BCUT2D eigenvalue weighted by Gasteiger charge is 2.24. The lowest BCUT2D eigenvalue weighted by Gasteiger charge is -2.27. The van der Waals surface area contributed by atoms with E-state index in [1.807, 2.05) is 0 Å². The molecule has 1 aliphatic heterocycles. The van der Waals surface area contributed by atoms with E-state index in [1.165, 1.54) is 25.3 Å². The van der Waals surface area contributed by atoms with E-state index < -0.39 is 10.0 Å². The number of carbonyl (C=O) groups is 1. The molecule has 26 heavy (non-hydrogen) atoms. The predicted molar refractivity (Wildman–Crippen MR) is 97.0 cm³/mol. The molecule has 3 rings (SSSR count). The smallest absolute Gasteiger partial charge is 0.261 e. The van der Waals surface area contributed by atoms with Gasteiger partial charge < -0.3 is 14.4 Å². The van der Waals surface area contributed by atoms with Crippen LogP contribution in [-0.2, 0) is 14.8 Å². The second kappa shape index (κ2) is 7.76. The summed E-state index contributed by atoms with van der Waals surface area (Å²) in [6, 6.07) is 12.8. The first-order chi connectivity index (χ1) is 12.5. The average molecular weight is 376 g/mol. The van der Waals surface area contributed by atoms with E-state index >= 15 is 0 Å². The van der Waals surface area contributed by atoms with Crippen molar-refractivity contribution in [1.29, 1.82) is 0 Å². The van der Waals surface area contributed by atoms with E-state index in [-0.39, 0.29) is 16.4 Å². The number of hydrogen-bond acceptors (Lipinski definition) is 5. The quantitative estimate of drug-likeness (QED) is 0.862. The standard InChI is InChI=1S/C18H20N2O5S/c1-24-17-8-7-15(26(22,23)19-14-5-3-2-4-6-14)13-16(17)18(21)20-9-11-25-12-10-20/h2-8,13,19H,9-12H2,1H3. The van der Waals surface area contributed by atoms with E-state index in [0.717, 1.165) is 0 Å². The number of rotatable bonds is 5. The number of carbonyl (C=O) groups excluding carboxylic acids is 1. The number of ether oxygens (including phenoxy) is 2.